The highest BCUT2D eigenvalue weighted by atomic mass is 19.1. The van der Waals surface area contributed by atoms with Crippen LogP contribution in [0.5, 0.6) is 0 Å². The van der Waals surface area contributed by atoms with Crippen LogP contribution in [0, 0.1) is 11.6 Å². The van der Waals surface area contributed by atoms with Gasteiger partial charge >= 0.3 is 0 Å². The summed E-state index contributed by atoms with van der Waals surface area (Å²) in [5.41, 5.74) is 4.18. The molecule has 3 aromatic rings. The van der Waals surface area contributed by atoms with Crippen LogP contribution in [0.4, 0.5) is 19.1 Å². The minimum Gasteiger partial charge on any atom is -0.368 e. The smallest absolute Gasteiger partial charge is 0.261 e. The number of hydrogen-bond acceptors (Lipinski definition) is 6. The molecule has 4 rings (SSSR count). The fraction of sp³-hybridized carbons (Fsp3) is 0.474. The quantitative estimate of drug-likeness (QED) is 0.587. The van der Waals surface area contributed by atoms with Crippen molar-refractivity contribution in [2.75, 3.05) is 32.4 Å². The molecule has 1 amide bonds. The highest BCUT2D eigenvalue weighted by Gasteiger charge is 2.43. The van der Waals surface area contributed by atoms with Gasteiger partial charge in [-0.15, -0.1) is 5.10 Å². The van der Waals surface area contributed by atoms with Crippen molar-refractivity contribution in [2.24, 2.45) is 0 Å². The molecule has 1 atom stereocenters. The molecule has 0 radical (unpaired) electrons. The number of nitrogens with two attached hydrogens (primary N) is 1. The van der Waals surface area contributed by atoms with E-state index in [-0.39, 0.29) is 35.5 Å². The first-order valence-corrected chi connectivity index (χ1v) is 9.73. The molecule has 1 saturated heterocycles. The first kappa shape index (κ1) is 20.3. The van der Waals surface area contributed by atoms with E-state index in [1.165, 1.54) is 9.42 Å². The number of hydrogen-bond donors (Lipinski definition) is 2. The van der Waals surface area contributed by atoms with Crippen LogP contribution in [0.3, 0.4) is 0 Å². The van der Waals surface area contributed by atoms with Crippen LogP contribution in [0.1, 0.15) is 25.1 Å². The van der Waals surface area contributed by atoms with Gasteiger partial charge in [0.1, 0.15) is 11.3 Å². The van der Waals surface area contributed by atoms with Crippen molar-refractivity contribution in [1.82, 2.24) is 29.8 Å². The number of aromatic nitrogens is 4. The molecule has 1 aliphatic rings. The van der Waals surface area contributed by atoms with Crippen LogP contribution in [0.2, 0.25) is 0 Å². The average Bonchev–Trinajstić information content (AvgIpc) is 3.33. The average molecular weight is 421 g/mol. The maximum absolute atomic E-state index is 14.5. The van der Waals surface area contributed by atoms with Gasteiger partial charge in [-0.05, 0) is 25.5 Å². The maximum atomic E-state index is 14.5. The normalized spacial score (nSPS) is 19.1. The Labute approximate surface area is 170 Å². The number of anilines is 1. The van der Waals surface area contributed by atoms with Gasteiger partial charge in [-0.2, -0.15) is 4.52 Å². The number of unbranched alkanes of at least 4 members (excludes halogenated alkanes) is 1. The van der Waals surface area contributed by atoms with Crippen molar-refractivity contribution < 1.29 is 18.0 Å². The summed E-state index contributed by atoms with van der Waals surface area (Å²) in [5.74, 6) is -1.68. The number of carbonyl (C=O) groups excluding carboxylic acids is 1. The van der Waals surface area contributed by atoms with Crippen molar-refractivity contribution in [3.8, 4) is 0 Å². The third-order valence-corrected chi connectivity index (χ3v) is 5.34. The molecular weight excluding hydrogens is 399 g/mol. The van der Waals surface area contributed by atoms with Gasteiger partial charge in [-0.3, -0.25) is 4.79 Å². The lowest BCUT2D eigenvalue weighted by Crippen LogP contribution is -2.46. The molecule has 1 aliphatic heterocycles. The number of alkyl halides is 1. The van der Waals surface area contributed by atoms with Gasteiger partial charge in [-0.1, -0.05) is 0 Å². The highest BCUT2D eigenvalue weighted by molar-refractivity contribution is 5.92. The molecule has 3 heterocycles. The number of fused-ring (bicyclic) bond motifs is 3. The molecule has 160 valence electrons. The standard InChI is InChI=1S/C19H22F3N7O/c1-28(17(30)19(22)5-6-24-10-19)7-3-2-4-14-25-16-12-8-11(20)9-13(21)15(12)26-18(23)29(16)27-14/h8-9,24H,2-7,10H2,1H3,(H2,23,26). The van der Waals surface area contributed by atoms with Crippen molar-refractivity contribution in [3.05, 3.63) is 29.6 Å². The summed E-state index contributed by atoms with van der Waals surface area (Å²) in [5, 5.41) is 7.33. The number of amides is 1. The Morgan fingerprint density at radius 3 is 2.87 bits per heavy atom. The lowest BCUT2D eigenvalue weighted by molar-refractivity contribution is -0.141. The maximum Gasteiger partial charge on any atom is 0.261 e. The van der Waals surface area contributed by atoms with Crippen LogP contribution in [0.25, 0.3) is 16.6 Å². The van der Waals surface area contributed by atoms with Crippen LogP contribution >= 0.6 is 0 Å². The van der Waals surface area contributed by atoms with E-state index in [2.05, 4.69) is 20.4 Å². The lowest BCUT2D eigenvalue weighted by Gasteiger charge is -2.25. The Hall–Kier alpha value is -2.95. The van der Waals surface area contributed by atoms with Crippen LogP contribution < -0.4 is 11.1 Å². The lowest BCUT2D eigenvalue weighted by atomic mass is 10.0. The molecule has 1 unspecified atom stereocenters. The van der Waals surface area contributed by atoms with Gasteiger partial charge in [0.05, 0.1) is 5.39 Å². The van der Waals surface area contributed by atoms with Crippen molar-refractivity contribution in [1.29, 1.82) is 0 Å². The van der Waals surface area contributed by atoms with Crippen molar-refractivity contribution in [3.63, 3.8) is 0 Å². The molecule has 1 aromatic carbocycles. The number of nitrogen functional groups attached to an aromatic ring is 1. The Morgan fingerprint density at radius 1 is 1.33 bits per heavy atom. The van der Waals surface area contributed by atoms with Gasteiger partial charge in [0.25, 0.3) is 5.91 Å². The zero-order valence-corrected chi connectivity index (χ0v) is 16.5. The molecule has 0 aliphatic carbocycles. The van der Waals surface area contributed by atoms with Crippen molar-refractivity contribution in [2.45, 2.75) is 31.4 Å². The van der Waals surface area contributed by atoms with Crippen molar-refractivity contribution >= 4 is 28.4 Å². The van der Waals surface area contributed by atoms with E-state index in [0.717, 1.165) is 12.1 Å². The van der Waals surface area contributed by atoms with E-state index in [1.54, 1.807) is 7.05 Å². The van der Waals surface area contributed by atoms with E-state index in [9.17, 15) is 18.0 Å². The Bertz CT molecular complexity index is 1110. The minimum atomic E-state index is -1.83. The SMILES string of the molecule is CN(CCCCc1nc2c3cc(F)cc(F)c3nc(N)n2n1)C(=O)C1(F)CCNC1. The molecule has 30 heavy (non-hydrogen) atoms. The summed E-state index contributed by atoms with van der Waals surface area (Å²) >= 11 is 0. The number of aryl methyl sites for hydroxylation is 1. The summed E-state index contributed by atoms with van der Waals surface area (Å²) < 4.78 is 43.4. The summed E-state index contributed by atoms with van der Waals surface area (Å²) in [6.45, 7) is 0.947. The van der Waals surface area contributed by atoms with E-state index < -0.39 is 23.2 Å². The fourth-order valence-electron chi connectivity index (χ4n) is 3.73. The minimum absolute atomic E-state index is 0.0476. The summed E-state index contributed by atoms with van der Waals surface area (Å²) in [7, 11) is 1.59. The molecule has 0 spiro atoms. The van der Waals surface area contributed by atoms with Gasteiger partial charge in [0, 0.05) is 39.0 Å². The highest BCUT2D eigenvalue weighted by Crippen LogP contribution is 2.24. The third kappa shape index (κ3) is 3.64. The number of rotatable bonds is 6. The molecule has 0 saturated carbocycles. The topological polar surface area (TPSA) is 101 Å². The monoisotopic (exact) mass is 421 g/mol. The van der Waals surface area contributed by atoms with Gasteiger partial charge in [-0.25, -0.2) is 23.1 Å². The Balaban J connectivity index is 1.43. The molecule has 11 heteroatoms. The number of halogens is 3. The van der Waals surface area contributed by atoms with Gasteiger partial charge in [0.2, 0.25) is 11.6 Å². The summed E-state index contributed by atoms with van der Waals surface area (Å²) in [6, 6.07) is 1.88. The van der Waals surface area contributed by atoms with Gasteiger partial charge < -0.3 is 16.0 Å². The van der Waals surface area contributed by atoms with E-state index in [0.29, 0.717) is 38.2 Å². The predicted octanol–water partition coefficient (Wildman–Crippen LogP) is 1.62. The Kier molecular flexibility index (Phi) is 5.22. The molecule has 1 fully saturated rings. The fourth-order valence-corrected chi connectivity index (χ4v) is 3.73. The predicted molar refractivity (Wildman–Crippen MR) is 105 cm³/mol. The second-order valence-electron chi connectivity index (χ2n) is 7.59. The van der Waals surface area contributed by atoms with E-state index in [4.69, 9.17) is 5.73 Å². The first-order valence-electron chi connectivity index (χ1n) is 9.73. The van der Waals surface area contributed by atoms with Crippen LogP contribution in [-0.2, 0) is 11.2 Å². The summed E-state index contributed by atoms with van der Waals surface area (Å²) in [6.07, 6.45) is 1.91. The second kappa shape index (κ2) is 7.71. The Morgan fingerprint density at radius 2 is 2.13 bits per heavy atom. The van der Waals surface area contributed by atoms with E-state index >= 15 is 0 Å². The second-order valence-corrected chi connectivity index (χ2v) is 7.59. The zero-order valence-electron chi connectivity index (χ0n) is 16.5. The number of carbonyl (C=O) groups is 1. The number of benzene rings is 1. The zero-order chi connectivity index (χ0) is 21.5. The molecule has 8 nitrogen and oxygen atoms in total. The molecule has 0 bridgehead atoms. The summed E-state index contributed by atoms with van der Waals surface area (Å²) in [4.78, 5) is 22.0. The first-order chi connectivity index (χ1) is 14.3. The van der Waals surface area contributed by atoms with E-state index in [1.807, 2.05) is 0 Å². The molecule has 2 aromatic heterocycles. The third-order valence-electron chi connectivity index (χ3n) is 5.34. The molecule has 3 N–H and O–H groups in total. The van der Waals surface area contributed by atoms with Crippen LogP contribution in [-0.4, -0.2) is 62.7 Å². The number of nitrogens with one attached hydrogen (secondary N) is 1. The van der Waals surface area contributed by atoms with Gasteiger partial charge in [0.15, 0.2) is 17.3 Å². The molecular formula is C19H22F3N7O. The number of nitrogens with zero attached hydrogens (tertiary/aromatic N) is 5. The largest absolute Gasteiger partial charge is 0.368 e. The van der Waals surface area contributed by atoms with Crippen LogP contribution in [0.15, 0.2) is 12.1 Å².